The number of rotatable bonds is 11. The standard InChI is InChI=1S/C39H51NO3Si2/c1-38(2,3)45(33-23-15-9-16-24-33,34-25-17-10-18-26-34)43-29-30-27-36(40)35(37(30)42-6)28-39(4,5)44(41,31-19-11-7-12-20-31)32-21-13-8-14-22-32/h7-26,30,35-37,41H,27-29,40H2,1-6H3/t30-,35+,36-,37-/m1/s1. The van der Waals surface area contributed by atoms with Gasteiger partial charge in [0.05, 0.1) is 6.10 Å². The van der Waals surface area contributed by atoms with Crippen LogP contribution in [0.25, 0.3) is 0 Å². The molecular weight excluding hydrogens is 587 g/mol. The molecular formula is C39H51NO3Si2. The van der Waals surface area contributed by atoms with Crippen LogP contribution in [0.4, 0.5) is 0 Å². The number of hydrogen-bond donors (Lipinski definition) is 2. The molecule has 0 spiro atoms. The SMILES string of the molecule is CO[C@@H]1[C@@H](CO[Si](c2ccccc2)(c2ccccc2)C(C)(C)C)C[C@@H](N)[C@@H]1CC(C)(C)[Si](O)(c1ccccc1)c1ccccc1. The fourth-order valence-electron chi connectivity index (χ4n) is 8.09. The highest BCUT2D eigenvalue weighted by Crippen LogP contribution is 2.48. The smallest absolute Gasteiger partial charge is 0.261 e. The Bertz CT molecular complexity index is 1410. The van der Waals surface area contributed by atoms with E-state index in [-0.39, 0.29) is 29.0 Å². The van der Waals surface area contributed by atoms with Crippen molar-refractivity contribution in [1.82, 2.24) is 0 Å². The summed E-state index contributed by atoms with van der Waals surface area (Å²) in [5, 5.41) is 4.08. The van der Waals surface area contributed by atoms with Crippen LogP contribution in [-0.4, -0.2) is 47.3 Å². The van der Waals surface area contributed by atoms with E-state index in [0.29, 0.717) is 6.61 Å². The van der Waals surface area contributed by atoms with Crippen molar-refractivity contribution in [3.05, 3.63) is 121 Å². The molecule has 238 valence electrons. The van der Waals surface area contributed by atoms with Crippen molar-refractivity contribution in [2.45, 2.75) is 69.7 Å². The third kappa shape index (κ3) is 6.29. The number of methoxy groups -OCH3 is 1. The summed E-state index contributed by atoms with van der Waals surface area (Å²) in [6.07, 6.45) is 1.52. The van der Waals surface area contributed by atoms with Gasteiger partial charge in [-0.2, -0.15) is 0 Å². The second-order valence-electron chi connectivity index (χ2n) is 14.5. The third-order valence-corrected chi connectivity index (χ3v) is 19.8. The molecule has 0 amide bonds. The lowest BCUT2D eigenvalue weighted by molar-refractivity contribution is 0.0143. The third-order valence-electron chi connectivity index (χ3n) is 10.3. The van der Waals surface area contributed by atoms with Crippen LogP contribution in [0.2, 0.25) is 10.1 Å². The molecule has 0 bridgehead atoms. The molecule has 4 nitrogen and oxygen atoms in total. The van der Waals surface area contributed by atoms with Gasteiger partial charge in [0.15, 0.2) is 0 Å². The molecule has 3 N–H and O–H groups in total. The molecule has 4 aromatic carbocycles. The Balaban J connectivity index is 1.46. The lowest BCUT2D eigenvalue weighted by Crippen LogP contribution is -2.67. The number of hydrogen-bond acceptors (Lipinski definition) is 4. The quantitative estimate of drug-likeness (QED) is 0.214. The predicted molar refractivity (Wildman–Crippen MR) is 193 cm³/mol. The van der Waals surface area contributed by atoms with E-state index in [1.807, 2.05) is 43.5 Å². The summed E-state index contributed by atoms with van der Waals surface area (Å²) >= 11 is 0. The highest BCUT2D eigenvalue weighted by Gasteiger charge is 2.55. The monoisotopic (exact) mass is 637 g/mol. The molecule has 0 radical (unpaired) electrons. The summed E-state index contributed by atoms with van der Waals surface area (Å²) in [5.74, 6) is 0.236. The van der Waals surface area contributed by atoms with Crippen LogP contribution in [0.5, 0.6) is 0 Å². The average Bonchev–Trinajstić information content (AvgIpc) is 3.34. The first-order chi connectivity index (χ1) is 21.5. The molecule has 1 fully saturated rings. The van der Waals surface area contributed by atoms with Gasteiger partial charge in [-0.05, 0) is 43.7 Å². The van der Waals surface area contributed by atoms with E-state index in [2.05, 4.69) is 120 Å². The van der Waals surface area contributed by atoms with Gasteiger partial charge in [-0.3, -0.25) is 0 Å². The lowest BCUT2D eigenvalue weighted by atomic mass is 9.89. The molecule has 0 heterocycles. The molecule has 4 aromatic rings. The Morgan fingerprint density at radius 3 is 1.47 bits per heavy atom. The van der Waals surface area contributed by atoms with Crippen LogP contribution < -0.4 is 26.5 Å². The van der Waals surface area contributed by atoms with Crippen LogP contribution >= 0.6 is 0 Å². The molecule has 0 saturated heterocycles. The zero-order valence-electron chi connectivity index (χ0n) is 27.8. The van der Waals surface area contributed by atoms with Crippen molar-refractivity contribution in [1.29, 1.82) is 0 Å². The van der Waals surface area contributed by atoms with Gasteiger partial charge in [-0.25, -0.2) is 0 Å². The first-order valence-corrected chi connectivity index (χ1v) is 20.2. The van der Waals surface area contributed by atoms with Crippen LogP contribution in [-0.2, 0) is 9.16 Å². The molecule has 1 aliphatic rings. The summed E-state index contributed by atoms with van der Waals surface area (Å²) in [6.45, 7) is 12.0. The Morgan fingerprint density at radius 2 is 1.09 bits per heavy atom. The Morgan fingerprint density at radius 1 is 0.689 bits per heavy atom. The van der Waals surface area contributed by atoms with Crippen molar-refractivity contribution < 1.29 is 14.0 Å². The van der Waals surface area contributed by atoms with E-state index in [1.54, 1.807) is 0 Å². The summed E-state index contributed by atoms with van der Waals surface area (Å²) < 4.78 is 13.7. The topological polar surface area (TPSA) is 64.7 Å². The molecule has 0 aliphatic heterocycles. The van der Waals surface area contributed by atoms with Crippen molar-refractivity contribution in [2.75, 3.05) is 13.7 Å². The van der Waals surface area contributed by atoms with E-state index in [1.165, 1.54) is 10.4 Å². The normalized spacial score (nSPS) is 21.2. The van der Waals surface area contributed by atoms with E-state index < -0.39 is 21.7 Å². The first kappa shape index (κ1) is 33.5. The maximum Gasteiger partial charge on any atom is 0.261 e. The second-order valence-corrected chi connectivity index (χ2v) is 22.8. The zero-order chi connectivity index (χ0) is 32.3. The van der Waals surface area contributed by atoms with Crippen molar-refractivity contribution in [3.8, 4) is 0 Å². The molecule has 45 heavy (non-hydrogen) atoms. The maximum absolute atomic E-state index is 12.8. The van der Waals surface area contributed by atoms with E-state index >= 15 is 0 Å². The first-order valence-electron chi connectivity index (χ1n) is 16.3. The van der Waals surface area contributed by atoms with Gasteiger partial charge in [0.25, 0.3) is 16.6 Å². The van der Waals surface area contributed by atoms with Crippen LogP contribution in [0.15, 0.2) is 121 Å². The minimum absolute atomic E-state index is 0.0493. The molecule has 1 aliphatic carbocycles. The number of benzene rings is 4. The number of ether oxygens (including phenoxy) is 1. The summed E-state index contributed by atoms with van der Waals surface area (Å²) in [7, 11) is -4.07. The molecule has 5 rings (SSSR count). The van der Waals surface area contributed by atoms with E-state index in [0.717, 1.165) is 23.2 Å². The summed E-state index contributed by atoms with van der Waals surface area (Å²) in [5.41, 5.74) is 7.02. The van der Waals surface area contributed by atoms with Gasteiger partial charge < -0.3 is 19.7 Å². The fraction of sp³-hybridized carbons (Fsp3) is 0.385. The second kappa shape index (κ2) is 13.5. The van der Waals surface area contributed by atoms with Crippen molar-refractivity contribution in [3.63, 3.8) is 0 Å². The molecule has 6 heteroatoms. The lowest BCUT2D eigenvalue weighted by Gasteiger charge is -2.44. The van der Waals surface area contributed by atoms with Crippen LogP contribution in [0.1, 0.15) is 47.5 Å². The molecule has 0 unspecified atom stereocenters. The van der Waals surface area contributed by atoms with Crippen molar-refractivity contribution in [2.24, 2.45) is 17.6 Å². The fourth-order valence-corrected chi connectivity index (χ4v) is 16.5. The Kier molecular flexibility index (Phi) is 10.0. The minimum Gasteiger partial charge on any atom is -0.424 e. The highest BCUT2D eigenvalue weighted by molar-refractivity contribution is 6.99. The van der Waals surface area contributed by atoms with Crippen LogP contribution in [0, 0.1) is 11.8 Å². The molecule has 0 aromatic heterocycles. The van der Waals surface area contributed by atoms with Gasteiger partial charge in [0, 0.05) is 31.6 Å². The molecule has 1 saturated carbocycles. The largest absolute Gasteiger partial charge is 0.424 e. The Labute approximate surface area is 272 Å². The van der Waals surface area contributed by atoms with Gasteiger partial charge in [-0.1, -0.05) is 156 Å². The predicted octanol–water partition coefficient (Wildman–Crippen LogP) is 5.46. The van der Waals surface area contributed by atoms with E-state index in [4.69, 9.17) is 14.9 Å². The van der Waals surface area contributed by atoms with Gasteiger partial charge in [0.1, 0.15) is 0 Å². The molecule has 4 atom stereocenters. The average molecular weight is 638 g/mol. The Hall–Kier alpha value is -2.85. The van der Waals surface area contributed by atoms with E-state index in [9.17, 15) is 4.80 Å². The summed E-state index contributed by atoms with van der Waals surface area (Å²) in [4.78, 5) is 12.8. The van der Waals surface area contributed by atoms with Crippen molar-refractivity contribution >= 4 is 37.4 Å². The maximum atomic E-state index is 12.8. The van der Waals surface area contributed by atoms with Gasteiger partial charge >= 0.3 is 0 Å². The number of nitrogens with two attached hydrogens (primary N) is 1. The minimum atomic E-state index is -3.19. The van der Waals surface area contributed by atoms with Gasteiger partial charge in [0.2, 0.25) is 0 Å². The summed E-state index contributed by atoms with van der Waals surface area (Å²) in [6, 6.07) is 42.1. The van der Waals surface area contributed by atoms with Crippen LogP contribution in [0.3, 0.4) is 0 Å². The highest BCUT2D eigenvalue weighted by atomic mass is 28.4. The zero-order valence-corrected chi connectivity index (χ0v) is 29.8. The van der Waals surface area contributed by atoms with Gasteiger partial charge in [-0.15, -0.1) is 0 Å².